The maximum atomic E-state index is 12.3. The molecule has 0 radical (unpaired) electrons. The number of rotatable bonds is 35. The summed E-state index contributed by atoms with van der Waals surface area (Å²) in [5.74, 6) is -0.165. The molecule has 1 amide bonds. The highest BCUT2D eigenvalue weighted by molar-refractivity contribution is 5.76. The topological polar surface area (TPSA) is 89.8 Å². The lowest BCUT2D eigenvalue weighted by molar-refractivity contribution is -0.124. The molecule has 0 aliphatic heterocycles. The Morgan fingerprint density at radius 1 is 0.533 bits per heavy atom. The quantitative estimate of drug-likeness (QED) is 0.0412. The highest BCUT2D eigenvalue weighted by Crippen LogP contribution is 2.15. The standard InChI is InChI=1S/C40H77NO4/c1-3-5-7-9-11-13-15-17-18-19-20-21-22-23-24-26-28-30-32-34-38(43)40(45)37(36-42)41-39(44)35-33-31-29-27-25-16-14-12-10-8-6-4-2/h12,14,26,28,37-38,40,42-43,45H,3-11,13,15-25,27,29-36H2,1-2H3,(H,41,44)/b14-12-,28-26+. The van der Waals surface area contributed by atoms with E-state index in [0.717, 1.165) is 44.9 Å². The smallest absolute Gasteiger partial charge is 0.220 e. The van der Waals surface area contributed by atoms with E-state index in [2.05, 4.69) is 43.5 Å². The van der Waals surface area contributed by atoms with Crippen LogP contribution in [0.5, 0.6) is 0 Å². The maximum absolute atomic E-state index is 12.3. The molecule has 4 N–H and O–H groups in total. The molecule has 0 heterocycles. The summed E-state index contributed by atoms with van der Waals surface area (Å²) in [6.07, 6.45) is 41.3. The van der Waals surface area contributed by atoms with Crippen LogP contribution in [0.15, 0.2) is 24.3 Å². The van der Waals surface area contributed by atoms with Gasteiger partial charge in [0, 0.05) is 6.42 Å². The molecule has 0 saturated carbocycles. The molecule has 5 heteroatoms. The number of aliphatic hydroxyl groups excluding tert-OH is 3. The van der Waals surface area contributed by atoms with Gasteiger partial charge in [0.15, 0.2) is 0 Å². The first kappa shape index (κ1) is 43.8. The number of hydrogen-bond acceptors (Lipinski definition) is 4. The summed E-state index contributed by atoms with van der Waals surface area (Å²) < 4.78 is 0. The van der Waals surface area contributed by atoms with Gasteiger partial charge < -0.3 is 20.6 Å². The largest absolute Gasteiger partial charge is 0.394 e. The number of carbonyl (C=O) groups excluding carboxylic acids is 1. The van der Waals surface area contributed by atoms with Crippen molar-refractivity contribution in [1.29, 1.82) is 0 Å². The average molecular weight is 636 g/mol. The van der Waals surface area contributed by atoms with Crippen molar-refractivity contribution >= 4 is 5.91 Å². The van der Waals surface area contributed by atoms with Crippen molar-refractivity contribution in [3.05, 3.63) is 24.3 Å². The highest BCUT2D eigenvalue weighted by atomic mass is 16.3. The minimum atomic E-state index is -1.16. The first-order valence-corrected chi connectivity index (χ1v) is 19.6. The molecule has 45 heavy (non-hydrogen) atoms. The predicted octanol–water partition coefficient (Wildman–Crippen LogP) is 10.7. The first-order valence-electron chi connectivity index (χ1n) is 19.6. The fraction of sp³-hybridized carbons (Fsp3) is 0.875. The molecule has 5 nitrogen and oxygen atoms in total. The van der Waals surface area contributed by atoms with E-state index in [1.165, 1.54) is 128 Å². The molecular formula is C40H77NO4. The predicted molar refractivity (Wildman–Crippen MR) is 195 cm³/mol. The van der Waals surface area contributed by atoms with Crippen molar-refractivity contribution in [2.75, 3.05) is 6.61 Å². The Morgan fingerprint density at radius 3 is 1.33 bits per heavy atom. The number of hydrogen-bond donors (Lipinski definition) is 4. The molecule has 0 aliphatic rings. The minimum absolute atomic E-state index is 0.165. The normalized spacial score (nSPS) is 14.0. The van der Waals surface area contributed by atoms with Crippen molar-refractivity contribution in [3.8, 4) is 0 Å². The Hall–Kier alpha value is -1.17. The van der Waals surface area contributed by atoms with Gasteiger partial charge >= 0.3 is 0 Å². The molecule has 0 aromatic carbocycles. The fourth-order valence-electron chi connectivity index (χ4n) is 5.92. The molecule has 0 fully saturated rings. The third-order valence-corrected chi connectivity index (χ3v) is 9.03. The van der Waals surface area contributed by atoms with Gasteiger partial charge in [-0.25, -0.2) is 0 Å². The van der Waals surface area contributed by atoms with Crippen molar-refractivity contribution in [1.82, 2.24) is 5.32 Å². The molecule has 3 atom stereocenters. The second-order valence-corrected chi connectivity index (χ2v) is 13.5. The molecule has 0 spiro atoms. The number of allylic oxidation sites excluding steroid dienone is 4. The van der Waals surface area contributed by atoms with Crippen molar-refractivity contribution < 1.29 is 20.1 Å². The lowest BCUT2D eigenvalue weighted by Gasteiger charge is -2.26. The number of nitrogens with one attached hydrogen (secondary N) is 1. The summed E-state index contributed by atoms with van der Waals surface area (Å²) in [6.45, 7) is 4.13. The molecular weight excluding hydrogens is 558 g/mol. The minimum Gasteiger partial charge on any atom is -0.394 e. The van der Waals surface area contributed by atoms with Gasteiger partial charge in [0.1, 0.15) is 6.10 Å². The zero-order chi connectivity index (χ0) is 33.1. The van der Waals surface area contributed by atoms with Gasteiger partial charge in [0.2, 0.25) is 5.91 Å². The molecule has 0 saturated heterocycles. The zero-order valence-corrected chi connectivity index (χ0v) is 30.0. The van der Waals surface area contributed by atoms with Gasteiger partial charge in [0.25, 0.3) is 0 Å². The Bertz CT molecular complexity index is 665. The van der Waals surface area contributed by atoms with Crippen LogP contribution in [0.3, 0.4) is 0 Å². The molecule has 0 bridgehead atoms. The van der Waals surface area contributed by atoms with Crippen LogP contribution < -0.4 is 5.32 Å². The van der Waals surface area contributed by atoms with Gasteiger partial charge in [-0.05, 0) is 64.2 Å². The lowest BCUT2D eigenvalue weighted by atomic mass is 10.0. The third kappa shape index (κ3) is 31.2. The summed E-state index contributed by atoms with van der Waals surface area (Å²) >= 11 is 0. The second kappa shape index (κ2) is 35.7. The second-order valence-electron chi connectivity index (χ2n) is 13.5. The van der Waals surface area contributed by atoms with Crippen molar-refractivity contribution in [2.24, 2.45) is 0 Å². The third-order valence-electron chi connectivity index (χ3n) is 9.03. The van der Waals surface area contributed by atoms with Crippen LogP contribution in [-0.2, 0) is 4.79 Å². The van der Waals surface area contributed by atoms with E-state index in [-0.39, 0.29) is 12.5 Å². The Kier molecular flexibility index (Phi) is 34.8. The highest BCUT2D eigenvalue weighted by Gasteiger charge is 2.26. The number of amides is 1. The van der Waals surface area contributed by atoms with Crippen LogP contribution in [-0.4, -0.2) is 46.1 Å². The van der Waals surface area contributed by atoms with Crippen LogP contribution >= 0.6 is 0 Å². The number of unbranched alkanes of at least 4 members (excludes halogenated alkanes) is 23. The average Bonchev–Trinajstić information content (AvgIpc) is 3.04. The lowest BCUT2D eigenvalue weighted by Crippen LogP contribution is -2.50. The van der Waals surface area contributed by atoms with E-state index in [1.54, 1.807) is 0 Å². The Labute approximate surface area is 280 Å². The monoisotopic (exact) mass is 636 g/mol. The van der Waals surface area contributed by atoms with Crippen LogP contribution in [0.2, 0.25) is 0 Å². The van der Waals surface area contributed by atoms with Gasteiger partial charge in [-0.15, -0.1) is 0 Å². The van der Waals surface area contributed by atoms with Gasteiger partial charge in [0.05, 0.1) is 18.8 Å². The first-order chi connectivity index (χ1) is 22.1. The number of aliphatic hydroxyl groups is 3. The molecule has 0 rings (SSSR count). The summed E-state index contributed by atoms with van der Waals surface area (Å²) in [5.41, 5.74) is 0. The fourth-order valence-corrected chi connectivity index (χ4v) is 5.92. The van der Waals surface area contributed by atoms with Crippen molar-refractivity contribution in [2.45, 2.75) is 218 Å². The zero-order valence-electron chi connectivity index (χ0n) is 30.0. The van der Waals surface area contributed by atoms with Crippen LogP contribution in [0.25, 0.3) is 0 Å². The summed E-state index contributed by atoms with van der Waals surface area (Å²) in [4.78, 5) is 12.3. The molecule has 266 valence electrons. The molecule has 0 aliphatic carbocycles. The van der Waals surface area contributed by atoms with E-state index in [1.807, 2.05) is 0 Å². The van der Waals surface area contributed by atoms with Crippen LogP contribution in [0.4, 0.5) is 0 Å². The molecule has 0 aromatic heterocycles. The van der Waals surface area contributed by atoms with Crippen molar-refractivity contribution in [3.63, 3.8) is 0 Å². The van der Waals surface area contributed by atoms with E-state index < -0.39 is 18.2 Å². The van der Waals surface area contributed by atoms with E-state index in [0.29, 0.717) is 12.8 Å². The van der Waals surface area contributed by atoms with Crippen LogP contribution in [0.1, 0.15) is 200 Å². The Balaban J connectivity index is 3.70. The van der Waals surface area contributed by atoms with E-state index in [4.69, 9.17) is 0 Å². The number of carbonyl (C=O) groups is 1. The summed E-state index contributed by atoms with van der Waals surface area (Å²) in [7, 11) is 0. The van der Waals surface area contributed by atoms with Gasteiger partial charge in [-0.3, -0.25) is 4.79 Å². The molecule has 3 unspecified atom stereocenters. The Morgan fingerprint density at radius 2 is 0.889 bits per heavy atom. The van der Waals surface area contributed by atoms with Crippen LogP contribution in [0, 0.1) is 0 Å². The molecule has 0 aromatic rings. The maximum Gasteiger partial charge on any atom is 0.220 e. The SMILES string of the molecule is CCCCC/C=C\CCCCCCCC(=O)NC(CO)C(O)C(O)CCC/C=C/CCCCCCCCCCCCCCCC. The van der Waals surface area contributed by atoms with Gasteiger partial charge in [-0.2, -0.15) is 0 Å². The summed E-state index contributed by atoms with van der Waals surface area (Å²) in [5, 5.41) is 33.4. The summed E-state index contributed by atoms with van der Waals surface area (Å²) in [6, 6.07) is -0.826. The van der Waals surface area contributed by atoms with Gasteiger partial charge in [-0.1, -0.05) is 154 Å². The van der Waals surface area contributed by atoms with E-state index in [9.17, 15) is 20.1 Å². The van der Waals surface area contributed by atoms with E-state index >= 15 is 0 Å².